The van der Waals surface area contributed by atoms with Crippen LogP contribution in [0.5, 0.6) is 0 Å². The number of thiazole rings is 1. The standard InChI is InChI=1S/C16H23N5OS/c1-3-13-11(2)23-16(18-13)19-15(22)10-21-8-5-12(6-9-21)14-4-7-17-20-14/h4,7,12H,3,5-6,8-10H2,1-2H3,(H,17,20)(H,18,19,22). The Morgan fingerprint density at radius 2 is 2.26 bits per heavy atom. The van der Waals surface area contributed by atoms with E-state index in [0.29, 0.717) is 12.5 Å². The predicted molar refractivity (Wildman–Crippen MR) is 91.9 cm³/mol. The van der Waals surface area contributed by atoms with Gasteiger partial charge in [-0.05, 0) is 45.3 Å². The fourth-order valence-electron chi connectivity index (χ4n) is 3.07. The maximum absolute atomic E-state index is 12.2. The Kier molecular flexibility index (Phi) is 5.07. The highest BCUT2D eigenvalue weighted by Crippen LogP contribution is 2.26. The molecule has 1 amide bonds. The highest BCUT2D eigenvalue weighted by molar-refractivity contribution is 7.15. The summed E-state index contributed by atoms with van der Waals surface area (Å²) in [6.45, 7) is 6.45. The molecule has 2 aromatic heterocycles. The van der Waals surface area contributed by atoms with E-state index in [0.717, 1.165) is 43.2 Å². The number of hydrogen-bond donors (Lipinski definition) is 2. The topological polar surface area (TPSA) is 73.9 Å². The lowest BCUT2D eigenvalue weighted by molar-refractivity contribution is -0.117. The van der Waals surface area contributed by atoms with Gasteiger partial charge in [0, 0.05) is 22.7 Å². The Balaban J connectivity index is 1.47. The highest BCUT2D eigenvalue weighted by atomic mass is 32.1. The van der Waals surface area contributed by atoms with E-state index in [2.05, 4.69) is 32.3 Å². The molecule has 0 bridgehead atoms. The predicted octanol–water partition coefficient (Wildman–Crippen LogP) is 2.56. The molecule has 1 aliphatic heterocycles. The molecule has 1 fully saturated rings. The second-order valence-corrected chi connectivity index (χ2v) is 7.19. The number of aromatic nitrogens is 3. The molecule has 3 rings (SSSR count). The average Bonchev–Trinajstić information content (AvgIpc) is 3.17. The number of likely N-dealkylation sites (tertiary alicyclic amines) is 1. The summed E-state index contributed by atoms with van der Waals surface area (Å²) in [7, 11) is 0. The van der Waals surface area contributed by atoms with E-state index in [-0.39, 0.29) is 5.91 Å². The third-order valence-electron chi connectivity index (χ3n) is 4.39. The highest BCUT2D eigenvalue weighted by Gasteiger charge is 2.23. The molecule has 2 aromatic rings. The number of hydrogen-bond acceptors (Lipinski definition) is 5. The van der Waals surface area contributed by atoms with E-state index in [4.69, 9.17) is 0 Å². The lowest BCUT2D eigenvalue weighted by Gasteiger charge is -2.30. The quantitative estimate of drug-likeness (QED) is 0.882. The maximum atomic E-state index is 12.2. The molecule has 0 aromatic carbocycles. The zero-order valence-corrected chi connectivity index (χ0v) is 14.4. The first-order chi connectivity index (χ1) is 11.2. The molecule has 6 nitrogen and oxygen atoms in total. The van der Waals surface area contributed by atoms with Crippen molar-refractivity contribution in [2.75, 3.05) is 25.0 Å². The van der Waals surface area contributed by atoms with Gasteiger partial charge in [0.25, 0.3) is 0 Å². The largest absolute Gasteiger partial charge is 0.301 e. The summed E-state index contributed by atoms with van der Waals surface area (Å²) in [4.78, 5) is 20.1. The fourth-order valence-corrected chi connectivity index (χ4v) is 3.99. The van der Waals surface area contributed by atoms with Gasteiger partial charge in [-0.15, -0.1) is 11.3 Å². The van der Waals surface area contributed by atoms with E-state index in [1.807, 2.05) is 13.0 Å². The van der Waals surface area contributed by atoms with Gasteiger partial charge >= 0.3 is 0 Å². The number of amides is 1. The number of piperidine rings is 1. The number of nitrogens with one attached hydrogen (secondary N) is 2. The van der Waals surface area contributed by atoms with Crippen molar-refractivity contribution in [1.82, 2.24) is 20.1 Å². The first-order valence-electron chi connectivity index (χ1n) is 8.13. The van der Waals surface area contributed by atoms with Crippen LogP contribution in [0.15, 0.2) is 12.3 Å². The van der Waals surface area contributed by atoms with E-state index in [1.165, 1.54) is 10.6 Å². The lowest BCUT2D eigenvalue weighted by Crippen LogP contribution is -2.38. The Bertz CT molecular complexity index is 643. The van der Waals surface area contributed by atoms with Gasteiger partial charge in [0.2, 0.25) is 5.91 Å². The molecule has 7 heteroatoms. The summed E-state index contributed by atoms with van der Waals surface area (Å²) >= 11 is 1.56. The summed E-state index contributed by atoms with van der Waals surface area (Å²) in [6.07, 6.45) is 4.83. The molecule has 0 aliphatic carbocycles. The van der Waals surface area contributed by atoms with Gasteiger partial charge in [0.1, 0.15) is 0 Å². The van der Waals surface area contributed by atoms with E-state index >= 15 is 0 Å². The van der Waals surface area contributed by atoms with Crippen molar-refractivity contribution in [1.29, 1.82) is 0 Å². The first kappa shape index (κ1) is 16.1. The van der Waals surface area contributed by atoms with Gasteiger partial charge in [-0.1, -0.05) is 6.92 Å². The van der Waals surface area contributed by atoms with Gasteiger partial charge in [-0.2, -0.15) is 5.10 Å². The number of carbonyl (C=O) groups is 1. The van der Waals surface area contributed by atoms with Crippen molar-refractivity contribution in [3.8, 4) is 0 Å². The van der Waals surface area contributed by atoms with Crippen LogP contribution in [0.1, 0.15) is 41.9 Å². The van der Waals surface area contributed by atoms with Gasteiger partial charge in [0.05, 0.1) is 12.2 Å². The molecule has 1 aliphatic rings. The molecule has 0 saturated carbocycles. The Morgan fingerprint density at radius 1 is 1.48 bits per heavy atom. The van der Waals surface area contributed by atoms with Crippen LogP contribution in [0.25, 0.3) is 0 Å². The third kappa shape index (κ3) is 3.97. The number of aryl methyl sites for hydroxylation is 2. The minimum absolute atomic E-state index is 0.0291. The maximum Gasteiger partial charge on any atom is 0.240 e. The summed E-state index contributed by atoms with van der Waals surface area (Å²) in [5.41, 5.74) is 2.28. The van der Waals surface area contributed by atoms with Crippen LogP contribution in [0, 0.1) is 6.92 Å². The number of aromatic amines is 1. The molecule has 0 spiro atoms. The molecule has 3 heterocycles. The van der Waals surface area contributed by atoms with Gasteiger partial charge in [0.15, 0.2) is 5.13 Å². The minimum atomic E-state index is 0.0291. The molecule has 2 N–H and O–H groups in total. The van der Waals surface area contributed by atoms with Crippen LogP contribution in [-0.2, 0) is 11.2 Å². The SMILES string of the molecule is CCc1nc(NC(=O)CN2CCC(c3ccn[nH]3)CC2)sc1C. The Morgan fingerprint density at radius 3 is 2.87 bits per heavy atom. The zero-order valence-electron chi connectivity index (χ0n) is 13.6. The van der Waals surface area contributed by atoms with Crippen molar-refractivity contribution < 1.29 is 4.79 Å². The van der Waals surface area contributed by atoms with Gasteiger partial charge in [-0.25, -0.2) is 4.98 Å². The van der Waals surface area contributed by atoms with Crippen LogP contribution in [0.3, 0.4) is 0 Å². The Hall–Kier alpha value is -1.73. The molecular weight excluding hydrogens is 310 g/mol. The number of anilines is 1. The number of rotatable bonds is 5. The zero-order chi connectivity index (χ0) is 16.2. The Labute approximate surface area is 140 Å². The van der Waals surface area contributed by atoms with Gasteiger partial charge < -0.3 is 5.32 Å². The summed E-state index contributed by atoms with van der Waals surface area (Å²) < 4.78 is 0. The van der Waals surface area contributed by atoms with E-state index in [9.17, 15) is 4.79 Å². The summed E-state index contributed by atoms with van der Waals surface area (Å²) in [6, 6.07) is 2.04. The molecular formula is C16H23N5OS. The molecule has 1 saturated heterocycles. The number of nitrogens with zero attached hydrogens (tertiary/aromatic N) is 3. The van der Waals surface area contributed by atoms with Crippen LogP contribution < -0.4 is 5.32 Å². The molecule has 124 valence electrons. The van der Waals surface area contributed by atoms with E-state index < -0.39 is 0 Å². The van der Waals surface area contributed by atoms with Crippen LogP contribution in [0.2, 0.25) is 0 Å². The number of carbonyl (C=O) groups excluding carboxylic acids is 1. The molecule has 0 atom stereocenters. The van der Waals surface area contributed by atoms with Gasteiger partial charge in [-0.3, -0.25) is 14.8 Å². The van der Waals surface area contributed by atoms with Crippen molar-refractivity contribution >= 4 is 22.4 Å². The van der Waals surface area contributed by atoms with E-state index in [1.54, 1.807) is 17.5 Å². The molecule has 0 radical (unpaired) electrons. The monoisotopic (exact) mass is 333 g/mol. The second-order valence-electron chi connectivity index (χ2n) is 5.99. The molecule has 23 heavy (non-hydrogen) atoms. The van der Waals surface area contributed by atoms with Crippen molar-refractivity contribution in [2.24, 2.45) is 0 Å². The summed E-state index contributed by atoms with van der Waals surface area (Å²) in [5.74, 6) is 0.562. The average molecular weight is 333 g/mol. The fraction of sp³-hybridized carbons (Fsp3) is 0.562. The second kappa shape index (κ2) is 7.23. The van der Waals surface area contributed by atoms with Crippen LogP contribution in [0.4, 0.5) is 5.13 Å². The minimum Gasteiger partial charge on any atom is -0.301 e. The van der Waals surface area contributed by atoms with Crippen LogP contribution >= 0.6 is 11.3 Å². The normalized spacial score (nSPS) is 16.6. The smallest absolute Gasteiger partial charge is 0.240 e. The van der Waals surface area contributed by atoms with Crippen LogP contribution in [-0.4, -0.2) is 45.6 Å². The lowest BCUT2D eigenvalue weighted by atomic mass is 9.94. The summed E-state index contributed by atoms with van der Waals surface area (Å²) in [5, 5.41) is 10.7. The third-order valence-corrected chi connectivity index (χ3v) is 5.32. The van der Waals surface area contributed by atoms with Crippen molar-refractivity contribution in [3.05, 3.63) is 28.5 Å². The number of H-pyrrole nitrogens is 1. The van der Waals surface area contributed by atoms with Crippen molar-refractivity contribution in [2.45, 2.75) is 39.0 Å². The first-order valence-corrected chi connectivity index (χ1v) is 8.95. The van der Waals surface area contributed by atoms with Crippen molar-refractivity contribution in [3.63, 3.8) is 0 Å². The molecule has 0 unspecified atom stereocenters.